The molecule has 5 nitrogen and oxygen atoms in total. The standard InChI is InChI=1S/C8H3ClF3NO4S/c9-4-1-2-6-5(3-4)7(8(10,11)12)13(17-7)18(14,15)16-6/h1-3H. The summed E-state index contributed by atoms with van der Waals surface area (Å²) < 4.78 is 65.9. The highest BCUT2D eigenvalue weighted by atomic mass is 35.5. The molecule has 2 unspecified atom stereocenters. The number of fused-ring (bicyclic) bond motifs is 3. The minimum Gasteiger partial charge on any atom is -0.369 e. The maximum atomic E-state index is 13.0. The molecule has 10 heteroatoms. The maximum Gasteiger partial charge on any atom is 0.441 e. The van der Waals surface area contributed by atoms with Crippen molar-refractivity contribution in [3.63, 3.8) is 0 Å². The highest BCUT2D eigenvalue weighted by Gasteiger charge is 2.82. The molecule has 18 heavy (non-hydrogen) atoms. The van der Waals surface area contributed by atoms with Crippen molar-refractivity contribution in [1.29, 1.82) is 0 Å². The molecule has 98 valence electrons. The highest BCUT2D eigenvalue weighted by molar-refractivity contribution is 7.84. The van der Waals surface area contributed by atoms with Crippen molar-refractivity contribution in [3.8, 4) is 5.75 Å². The molecular formula is C8H3ClF3NO4S. The predicted octanol–water partition coefficient (Wildman–Crippen LogP) is 1.94. The van der Waals surface area contributed by atoms with Crippen LogP contribution in [-0.4, -0.2) is 19.1 Å². The van der Waals surface area contributed by atoms with Crippen molar-refractivity contribution < 1.29 is 30.6 Å². The normalized spacial score (nSPS) is 32.1. The van der Waals surface area contributed by atoms with E-state index in [0.717, 1.165) is 12.1 Å². The third-order valence-corrected chi connectivity index (χ3v) is 3.89. The lowest BCUT2D eigenvalue weighted by Crippen LogP contribution is -2.41. The number of hydrogen-bond acceptors (Lipinski definition) is 4. The van der Waals surface area contributed by atoms with E-state index in [-0.39, 0.29) is 9.49 Å². The van der Waals surface area contributed by atoms with Gasteiger partial charge in [0, 0.05) is 9.49 Å². The lowest BCUT2D eigenvalue weighted by molar-refractivity contribution is -0.190. The Balaban J connectivity index is 2.29. The number of benzene rings is 1. The van der Waals surface area contributed by atoms with Crippen LogP contribution in [0, 0.1) is 0 Å². The van der Waals surface area contributed by atoms with Crippen LogP contribution in [0.2, 0.25) is 5.02 Å². The third kappa shape index (κ3) is 1.32. The van der Waals surface area contributed by atoms with Crippen LogP contribution in [0.4, 0.5) is 13.2 Å². The molecule has 1 fully saturated rings. The molecule has 0 saturated carbocycles. The predicted molar refractivity (Wildman–Crippen MR) is 51.7 cm³/mol. The Kier molecular flexibility index (Phi) is 2.07. The monoisotopic (exact) mass is 301 g/mol. The van der Waals surface area contributed by atoms with Crippen LogP contribution in [0.15, 0.2) is 18.2 Å². The smallest absolute Gasteiger partial charge is 0.369 e. The second-order valence-corrected chi connectivity index (χ2v) is 5.43. The zero-order valence-corrected chi connectivity index (χ0v) is 9.80. The molecule has 2 heterocycles. The second kappa shape index (κ2) is 3.10. The first-order valence-corrected chi connectivity index (χ1v) is 6.23. The molecule has 0 bridgehead atoms. The van der Waals surface area contributed by atoms with Gasteiger partial charge in [0.2, 0.25) is 0 Å². The van der Waals surface area contributed by atoms with Gasteiger partial charge >= 0.3 is 22.2 Å². The zero-order valence-electron chi connectivity index (χ0n) is 8.23. The molecule has 0 aromatic heterocycles. The average Bonchev–Trinajstić information content (AvgIpc) is 2.96. The number of rotatable bonds is 0. The van der Waals surface area contributed by atoms with E-state index in [1.54, 1.807) is 0 Å². The van der Waals surface area contributed by atoms with Gasteiger partial charge in [-0.15, -0.1) is 0 Å². The van der Waals surface area contributed by atoms with Gasteiger partial charge in [-0.1, -0.05) is 11.6 Å². The van der Waals surface area contributed by atoms with Gasteiger partial charge in [0.25, 0.3) is 0 Å². The lowest BCUT2D eigenvalue weighted by atomic mass is 10.0. The van der Waals surface area contributed by atoms with Crippen LogP contribution in [-0.2, 0) is 20.9 Å². The summed E-state index contributed by atoms with van der Waals surface area (Å²) in [5, 5.41) is 0.00993. The summed E-state index contributed by atoms with van der Waals surface area (Å²) in [6.45, 7) is 0. The van der Waals surface area contributed by atoms with E-state index >= 15 is 0 Å². The quantitative estimate of drug-likeness (QED) is 0.687. The molecule has 1 saturated heterocycles. The maximum absolute atomic E-state index is 13.0. The van der Waals surface area contributed by atoms with Crippen molar-refractivity contribution in [3.05, 3.63) is 28.8 Å². The lowest BCUT2D eigenvalue weighted by Gasteiger charge is -2.22. The van der Waals surface area contributed by atoms with Crippen molar-refractivity contribution in [2.45, 2.75) is 11.9 Å². The van der Waals surface area contributed by atoms with Crippen LogP contribution in [0.3, 0.4) is 0 Å². The first kappa shape index (κ1) is 12.0. The molecule has 0 aliphatic carbocycles. The van der Waals surface area contributed by atoms with E-state index in [0.29, 0.717) is 0 Å². The summed E-state index contributed by atoms with van der Waals surface area (Å²) in [5.41, 5.74) is -3.51. The first-order chi connectivity index (χ1) is 8.18. The molecular weight excluding hydrogens is 299 g/mol. The van der Waals surface area contributed by atoms with E-state index in [1.165, 1.54) is 6.07 Å². The minimum atomic E-state index is -4.94. The summed E-state index contributed by atoms with van der Waals surface area (Å²) in [6.07, 6.45) is -4.94. The first-order valence-electron chi connectivity index (χ1n) is 4.49. The molecule has 0 spiro atoms. The van der Waals surface area contributed by atoms with Crippen molar-refractivity contribution in [2.75, 3.05) is 0 Å². The number of hydroxylamine groups is 1. The molecule has 0 amide bonds. The van der Waals surface area contributed by atoms with Gasteiger partial charge in [0.05, 0.1) is 5.56 Å². The largest absolute Gasteiger partial charge is 0.441 e. The summed E-state index contributed by atoms with van der Waals surface area (Å²) in [6, 6.07) is 3.22. The van der Waals surface area contributed by atoms with Crippen LogP contribution in [0.5, 0.6) is 5.75 Å². The molecule has 3 rings (SSSR count). The minimum absolute atomic E-state index is 0.00993. The van der Waals surface area contributed by atoms with Crippen LogP contribution < -0.4 is 4.18 Å². The fourth-order valence-corrected chi connectivity index (χ4v) is 3.07. The Morgan fingerprint density at radius 2 is 2.00 bits per heavy atom. The van der Waals surface area contributed by atoms with Gasteiger partial charge in [-0.25, -0.2) is 4.84 Å². The fourth-order valence-electron chi connectivity index (χ4n) is 1.75. The third-order valence-electron chi connectivity index (χ3n) is 2.53. The van der Waals surface area contributed by atoms with E-state index in [4.69, 9.17) is 11.6 Å². The van der Waals surface area contributed by atoms with Gasteiger partial charge in [-0.2, -0.15) is 21.6 Å². The Morgan fingerprint density at radius 1 is 1.33 bits per heavy atom. The fraction of sp³-hybridized carbons (Fsp3) is 0.250. The summed E-state index contributed by atoms with van der Waals surface area (Å²) >= 11 is 5.60. The van der Waals surface area contributed by atoms with Gasteiger partial charge < -0.3 is 4.18 Å². The Labute approximate surface area is 104 Å². The summed E-state index contributed by atoms with van der Waals surface area (Å²) in [4.78, 5) is 4.26. The van der Waals surface area contributed by atoms with E-state index in [2.05, 4.69) is 9.02 Å². The van der Waals surface area contributed by atoms with Gasteiger partial charge in [0.15, 0.2) is 5.75 Å². The molecule has 1 aromatic rings. The van der Waals surface area contributed by atoms with Crippen molar-refractivity contribution in [1.82, 2.24) is 4.47 Å². The van der Waals surface area contributed by atoms with Crippen LogP contribution in [0.25, 0.3) is 0 Å². The van der Waals surface area contributed by atoms with Crippen LogP contribution in [0.1, 0.15) is 5.56 Å². The number of alkyl halides is 3. The van der Waals surface area contributed by atoms with E-state index in [9.17, 15) is 21.6 Å². The molecule has 2 aliphatic heterocycles. The zero-order chi connectivity index (χ0) is 13.3. The summed E-state index contributed by atoms with van der Waals surface area (Å²) in [7, 11) is -4.61. The average molecular weight is 302 g/mol. The number of hydrogen-bond donors (Lipinski definition) is 0. The van der Waals surface area contributed by atoms with Crippen molar-refractivity contribution >= 4 is 21.9 Å². The Morgan fingerprint density at radius 3 is 2.61 bits per heavy atom. The molecule has 2 atom stereocenters. The van der Waals surface area contributed by atoms with E-state index < -0.39 is 33.5 Å². The molecule has 2 aliphatic rings. The number of halogens is 4. The highest BCUT2D eigenvalue weighted by Crippen LogP contribution is 2.62. The van der Waals surface area contributed by atoms with Gasteiger partial charge in [-0.05, 0) is 18.2 Å². The van der Waals surface area contributed by atoms with Crippen molar-refractivity contribution in [2.24, 2.45) is 0 Å². The molecule has 0 N–H and O–H groups in total. The molecule has 1 aromatic carbocycles. The Bertz CT molecular complexity index is 646. The Hall–Kier alpha value is -1.03. The topological polar surface area (TPSA) is 58.9 Å². The second-order valence-electron chi connectivity index (χ2n) is 3.64. The SMILES string of the molecule is O=S1(=O)Oc2ccc(Cl)cc2C2(C(F)(F)F)ON21. The van der Waals surface area contributed by atoms with E-state index in [1.807, 2.05) is 0 Å². The summed E-state index contributed by atoms with van der Waals surface area (Å²) in [5.74, 6) is -0.453. The van der Waals surface area contributed by atoms with Gasteiger partial charge in [0.1, 0.15) is 0 Å². The molecule has 0 radical (unpaired) electrons. The van der Waals surface area contributed by atoms with Gasteiger partial charge in [-0.3, -0.25) is 0 Å². The number of nitrogens with zero attached hydrogens (tertiary/aromatic N) is 1. The van der Waals surface area contributed by atoms with Crippen LogP contribution >= 0.6 is 11.6 Å².